The van der Waals surface area contributed by atoms with Gasteiger partial charge in [0, 0.05) is 163 Å². The van der Waals surface area contributed by atoms with Crippen LogP contribution in [0.4, 0.5) is 34.1 Å². The fourth-order valence-corrected chi connectivity index (χ4v) is 29.9. The van der Waals surface area contributed by atoms with Crippen molar-refractivity contribution in [1.29, 1.82) is 0 Å². The number of aryl methyl sites for hydroxylation is 8. The summed E-state index contributed by atoms with van der Waals surface area (Å²) in [4.78, 5) is 13.3. The first-order valence-electron chi connectivity index (χ1n) is 43.9. The quantitative estimate of drug-likeness (QED) is 0.0358. The Morgan fingerprint density at radius 2 is 0.373 bits per heavy atom. The molecule has 0 aliphatic carbocycles. The molecule has 12 rings (SSSR count). The normalized spacial score (nSPS) is 11.6. The summed E-state index contributed by atoms with van der Waals surface area (Å²) in [6.45, 7) is 18.0. The van der Waals surface area contributed by atoms with Crippen LogP contribution < -0.4 is 131 Å². The van der Waals surface area contributed by atoms with Crippen LogP contribution in [0.2, 0.25) is 0 Å². The molecule has 3 unspecified atom stereocenters. The first-order valence-corrected chi connectivity index (χ1v) is 49.2. The molecule has 0 amide bonds. The lowest BCUT2D eigenvalue weighted by Crippen LogP contribution is -2.33. The molecule has 0 heterocycles. The third kappa shape index (κ3) is 22.2. The largest absolute Gasteiger partial charge is 0.496 e. The Kier molecular flexibility index (Phi) is 37.8. The smallest absolute Gasteiger partial charge is 0.134 e. The van der Waals surface area contributed by atoms with E-state index in [1.54, 1.807) is 56.9 Å². The van der Waals surface area contributed by atoms with Crippen molar-refractivity contribution in [3.63, 3.8) is 0 Å². The number of hydrogen-bond donors (Lipinski definition) is 0. The Morgan fingerprint density at radius 1 is 0.183 bits per heavy atom. The highest BCUT2D eigenvalue weighted by atomic mass is 31.1. The average molecular weight is 1770 g/mol. The van der Waals surface area contributed by atoms with E-state index in [-0.39, 0.29) is 0 Å². The molecule has 0 aromatic heterocycles. The molecule has 12 aromatic rings. The van der Waals surface area contributed by atoms with Crippen LogP contribution in [-0.2, 0) is 51.4 Å². The van der Waals surface area contributed by atoms with Crippen LogP contribution in [0, 0.1) is 0 Å². The van der Waals surface area contributed by atoms with Gasteiger partial charge in [0.1, 0.15) is 46.0 Å². The molecule has 668 valence electrons. The fraction of sp³-hybridized carbons (Fsp3) is 0.333. The molecule has 0 aliphatic rings. The third-order valence-electron chi connectivity index (χ3n) is 22.8. The maximum absolute atomic E-state index is 6.03. The van der Waals surface area contributed by atoms with E-state index in [1.165, 1.54) is 132 Å². The molecule has 0 N–H and O–H groups in total. The van der Waals surface area contributed by atoms with E-state index in [2.05, 4.69) is 370 Å². The van der Waals surface area contributed by atoms with Gasteiger partial charge in [0.05, 0.1) is 67.5 Å². The summed E-state index contributed by atoms with van der Waals surface area (Å²) in [6.07, 6.45) is 7.88. The lowest BCUT2D eigenvalue weighted by Gasteiger charge is -2.33. The highest BCUT2D eigenvalue weighted by Crippen LogP contribution is 2.52. The van der Waals surface area contributed by atoms with Crippen LogP contribution in [0.15, 0.2) is 231 Å². The van der Waals surface area contributed by atoms with Gasteiger partial charge in [-0.15, -0.1) is 0 Å². The van der Waals surface area contributed by atoms with Gasteiger partial charge >= 0.3 is 0 Å². The molecule has 0 radical (unpaired) electrons. The maximum Gasteiger partial charge on any atom is 0.134 e. The van der Waals surface area contributed by atoms with Crippen LogP contribution in [-0.4, -0.2) is 141 Å². The van der Waals surface area contributed by atoms with Gasteiger partial charge < -0.3 is 67.3 Å². The molecule has 0 saturated carbocycles. The molecule has 14 nitrogen and oxygen atoms in total. The van der Waals surface area contributed by atoms with Gasteiger partial charge in [-0.3, -0.25) is 0 Å². The summed E-state index contributed by atoms with van der Waals surface area (Å²) in [5.41, 5.74) is 18.5. The summed E-state index contributed by atoms with van der Waals surface area (Å²) in [7, 11) is 35.7. The van der Waals surface area contributed by atoms with Crippen molar-refractivity contribution in [1.82, 2.24) is 0 Å². The van der Waals surface area contributed by atoms with Gasteiger partial charge in [-0.2, -0.15) is 0 Å². The molecule has 0 aliphatic heterocycles. The van der Waals surface area contributed by atoms with Crippen molar-refractivity contribution in [2.75, 3.05) is 171 Å². The summed E-state index contributed by atoms with van der Waals surface area (Å²) in [5.74, 6) is 6.82. The number of ether oxygens (including phenoxy) is 8. The van der Waals surface area contributed by atoms with Gasteiger partial charge in [0.2, 0.25) is 0 Å². The minimum absolute atomic E-state index is 0.714. The number of rotatable bonds is 34. The van der Waals surface area contributed by atoms with E-state index < -0.39 is 31.7 Å². The monoisotopic (exact) mass is 1770 g/mol. The predicted octanol–water partition coefficient (Wildman–Crippen LogP) is 18.7. The molecule has 126 heavy (non-hydrogen) atoms. The van der Waals surface area contributed by atoms with Crippen LogP contribution in [0.3, 0.4) is 0 Å². The van der Waals surface area contributed by atoms with Crippen LogP contribution >= 0.6 is 31.7 Å². The van der Waals surface area contributed by atoms with Crippen molar-refractivity contribution in [2.24, 2.45) is 0 Å². The lowest BCUT2D eigenvalue weighted by atomic mass is 10.1. The molecule has 0 fully saturated rings. The second-order valence-corrected chi connectivity index (χ2v) is 39.7. The molecular weight excluding hydrogens is 1630 g/mol. The fourth-order valence-electron chi connectivity index (χ4n) is 16.5. The third-order valence-corrected chi connectivity index (χ3v) is 33.9. The Labute approximate surface area is 761 Å². The number of benzene rings is 12. The number of para-hydroxylation sites is 3. The van der Waals surface area contributed by atoms with Gasteiger partial charge in [-0.05, 0) is 216 Å². The summed E-state index contributed by atoms with van der Waals surface area (Å²) < 4.78 is 47.0. The van der Waals surface area contributed by atoms with E-state index in [0.717, 1.165) is 102 Å². The first-order chi connectivity index (χ1) is 60.9. The first kappa shape index (κ1) is 99.3. The number of anilines is 6. The zero-order valence-electron chi connectivity index (χ0n) is 80.3. The molecular formula is C108H138N6O8P4. The van der Waals surface area contributed by atoms with Gasteiger partial charge in [0.25, 0.3) is 0 Å². The van der Waals surface area contributed by atoms with Gasteiger partial charge in [-0.1, -0.05) is 207 Å². The second kappa shape index (κ2) is 47.9. The van der Waals surface area contributed by atoms with Crippen molar-refractivity contribution >= 4 is 129 Å². The van der Waals surface area contributed by atoms with Crippen LogP contribution in [0.1, 0.15) is 99.9 Å². The highest BCUT2D eigenvalue weighted by Gasteiger charge is 2.37. The van der Waals surface area contributed by atoms with E-state index in [4.69, 9.17) is 37.9 Å². The summed E-state index contributed by atoms with van der Waals surface area (Å²) in [5, 5.41) is 15.6. The van der Waals surface area contributed by atoms with Crippen molar-refractivity contribution < 1.29 is 37.9 Å². The highest BCUT2D eigenvalue weighted by molar-refractivity contribution is 7.82. The zero-order chi connectivity index (χ0) is 91.6. The van der Waals surface area contributed by atoms with E-state index in [1.807, 2.05) is 30.3 Å². The van der Waals surface area contributed by atoms with Crippen LogP contribution in [0.25, 0.3) is 0 Å². The number of hydrogen-bond acceptors (Lipinski definition) is 14. The lowest BCUT2D eigenvalue weighted by molar-refractivity contribution is 0.380. The van der Waals surface area contributed by atoms with Crippen molar-refractivity contribution in [2.45, 2.75) is 107 Å². The Hall–Kier alpha value is -10.4. The Bertz CT molecular complexity index is 5220. The maximum atomic E-state index is 6.03. The number of nitrogens with zero attached hydrogens (tertiary/aromatic N) is 6. The van der Waals surface area contributed by atoms with Gasteiger partial charge in [0.15, 0.2) is 0 Å². The van der Waals surface area contributed by atoms with Gasteiger partial charge in [-0.25, -0.2) is 0 Å². The van der Waals surface area contributed by atoms with E-state index in [0.29, 0.717) is 5.75 Å². The van der Waals surface area contributed by atoms with E-state index >= 15 is 0 Å². The predicted molar refractivity (Wildman–Crippen MR) is 554 cm³/mol. The number of methoxy groups -OCH3 is 8. The SMILES string of the molecule is CCc1cccc(CC)c1P(c1c(OC)cc(OC)cc1OC)c1c(N(C)C)cccc1N(C)C.CCc1cccc(CC)c1P(c1c(OC)cccc1OC)c1c(N(C)C)cccc1N(C)C.CCc1cccc(CC)c1P(c1ccccc1OC)c1c(N(C)C)cccc1N(C)C.CCc1cccc(CC)c1P(c1ccccc1OC)c1ccccc1OC. The molecule has 3 atom stereocenters. The van der Waals surface area contributed by atoms with E-state index in [9.17, 15) is 0 Å². The minimum atomic E-state index is -1.07. The van der Waals surface area contributed by atoms with Crippen molar-refractivity contribution in [3.05, 3.63) is 275 Å². The Morgan fingerprint density at radius 3 is 0.603 bits per heavy atom. The minimum Gasteiger partial charge on any atom is -0.496 e. The molecule has 12 aromatic carbocycles. The second-order valence-electron chi connectivity index (χ2n) is 31.6. The molecule has 0 spiro atoms. The summed E-state index contributed by atoms with van der Waals surface area (Å²) >= 11 is 0. The summed E-state index contributed by atoms with van der Waals surface area (Å²) in [6, 6.07) is 82.1. The molecule has 18 heteroatoms. The molecule has 0 bridgehead atoms. The molecule has 0 saturated heterocycles. The van der Waals surface area contributed by atoms with Crippen molar-refractivity contribution in [3.8, 4) is 46.0 Å². The van der Waals surface area contributed by atoms with Crippen LogP contribution in [0.5, 0.6) is 46.0 Å². The average Bonchev–Trinajstić information content (AvgIpc) is 0.759. The topological polar surface area (TPSA) is 93.3 Å². The standard InChI is InChI=1S/C29H39N2O3P.C28H37N2O2P.C27H35N2OP.C24H27O2P/c1-10-20-14-12-15-21(11-2)27(20)35(28-23(30(3)4)16-13-17-24(28)31(5)6)29-25(33-8)18-22(32-7)19-26(29)34-9;1-9-20-14-11-15-21(10-2)26(20)33(28-24(31-7)18-13-19-25(28)32-8)27-22(29(3)4)16-12-17-23(27)30(5)6;1-8-20-14-12-15-21(9-2)26(20)31(25-19-11-10-18-24(25)30-7)27-22(28(3)4)16-13-17-23(27)29(5)6;1-5-18-12-11-13-19(6-2)24(18)27(22-16-9-7-14-20(22)25-3)23-17-10-8-15-21(23)26-4/h12-19H,10-11H2,1-9H3;11-19H,9-10H2,1-8H3;10-19H,8-9H2,1-7H3;7-17H,5-6H2,1-4H3. The zero-order valence-corrected chi connectivity index (χ0v) is 83.9. The Balaban J connectivity index is 0.000000191.